The van der Waals surface area contributed by atoms with Crippen molar-refractivity contribution in [3.8, 4) is 0 Å². The van der Waals surface area contributed by atoms with Crippen LogP contribution in [0, 0.1) is 13.8 Å². The van der Waals surface area contributed by atoms with Crippen LogP contribution in [-0.4, -0.2) is 5.91 Å². The summed E-state index contributed by atoms with van der Waals surface area (Å²) >= 11 is 5.96. The molecule has 1 aromatic carbocycles. The van der Waals surface area contributed by atoms with Crippen LogP contribution in [0.2, 0.25) is 5.02 Å². The van der Waals surface area contributed by atoms with Crippen molar-refractivity contribution >= 4 is 17.5 Å². The zero-order chi connectivity index (χ0) is 13.1. The quantitative estimate of drug-likeness (QED) is 0.921. The molecule has 2 rings (SSSR count). The summed E-state index contributed by atoms with van der Waals surface area (Å²) in [6.07, 6.45) is 0. The highest BCUT2D eigenvalue weighted by atomic mass is 35.5. The van der Waals surface area contributed by atoms with E-state index in [-0.39, 0.29) is 5.91 Å². The van der Waals surface area contributed by atoms with Gasteiger partial charge in [0, 0.05) is 12.1 Å². The fraction of sp³-hybridized carbons (Fsp3) is 0.214. The van der Waals surface area contributed by atoms with E-state index in [9.17, 15) is 4.79 Å². The average Bonchev–Trinajstić information content (AvgIpc) is 2.65. The van der Waals surface area contributed by atoms with Gasteiger partial charge in [0.25, 0.3) is 5.91 Å². The van der Waals surface area contributed by atoms with Crippen LogP contribution < -0.4 is 5.32 Å². The SMILES string of the molecule is Cc1cc(CNC(=O)c2ccccc2Cl)c(C)o1. The summed E-state index contributed by atoms with van der Waals surface area (Å²) in [7, 11) is 0. The third-order valence-electron chi connectivity index (χ3n) is 2.70. The maximum Gasteiger partial charge on any atom is 0.253 e. The average molecular weight is 264 g/mol. The first kappa shape index (κ1) is 12.7. The number of amides is 1. The lowest BCUT2D eigenvalue weighted by molar-refractivity contribution is 0.0951. The first-order valence-corrected chi connectivity index (χ1v) is 6.04. The van der Waals surface area contributed by atoms with Gasteiger partial charge in [-0.25, -0.2) is 0 Å². The number of carbonyl (C=O) groups excluding carboxylic acids is 1. The molecular formula is C14H14ClNO2. The number of furan rings is 1. The molecule has 0 bridgehead atoms. The van der Waals surface area contributed by atoms with E-state index in [1.54, 1.807) is 24.3 Å². The summed E-state index contributed by atoms with van der Waals surface area (Å²) in [5, 5.41) is 3.28. The van der Waals surface area contributed by atoms with Crippen LogP contribution in [0.5, 0.6) is 0 Å². The molecule has 1 amide bonds. The number of hydrogen-bond donors (Lipinski definition) is 1. The molecule has 0 fully saturated rings. The van der Waals surface area contributed by atoms with Gasteiger partial charge in [-0.05, 0) is 32.0 Å². The Kier molecular flexibility index (Phi) is 3.72. The summed E-state index contributed by atoms with van der Waals surface area (Å²) in [5.41, 5.74) is 1.46. The van der Waals surface area contributed by atoms with Crippen molar-refractivity contribution in [1.29, 1.82) is 0 Å². The first-order valence-electron chi connectivity index (χ1n) is 5.66. The topological polar surface area (TPSA) is 42.2 Å². The summed E-state index contributed by atoms with van der Waals surface area (Å²) in [6, 6.07) is 8.90. The fourth-order valence-corrected chi connectivity index (χ4v) is 2.00. The van der Waals surface area contributed by atoms with Gasteiger partial charge in [0.15, 0.2) is 0 Å². The Bertz CT molecular complexity index is 575. The number of aryl methyl sites for hydroxylation is 2. The van der Waals surface area contributed by atoms with Crippen LogP contribution in [0.1, 0.15) is 27.4 Å². The number of halogens is 1. The van der Waals surface area contributed by atoms with Crippen LogP contribution in [0.4, 0.5) is 0 Å². The second-order valence-corrected chi connectivity index (χ2v) is 4.51. The van der Waals surface area contributed by atoms with Crippen LogP contribution in [-0.2, 0) is 6.54 Å². The van der Waals surface area contributed by atoms with Crippen LogP contribution in [0.3, 0.4) is 0 Å². The first-order chi connectivity index (χ1) is 8.58. The molecule has 94 valence electrons. The molecule has 0 aliphatic heterocycles. The third kappa shape index (κ3) is 2.74. The molecule has 0 saturated carbocycles. The fourth-order valence-electron chi connectivity index (χ4n) is 1.78. The van der Waals surface area contributed by atoms with Crippen LogP contribution in [0.15, 0.2) is 34.7 Å². The minimum absolute atomic E-state index is 0.182. The summed E-state index contributed by atoms with van der Waals surface area (Å²) in [6.45, 7) is 4.20. The van der Waals surface area contributed by atoms with E-state index in [1.165, 1.54) is 0 Å². The molecule has 2 aromatic rings. The van der Waals surface area contributed by atoms with Gasteiger partial charge < -0.3 is 9.73 Å². The number of benzene rings is 1. The molecule has 0 aliphatic rings. The number of carbonyl (C=O) groups is 1. The maximum absolute atomic E-state index is 11.9. The molecule has 1 aromatic heterocycles. The Labute approximate surface area is 111 Å². The van der Waals surface area contributed by atoms with Crippen molar-refractivity contribution in [2.45, 2.75) is 20.4 Å². The lowest BCUT2D eigenvalue weighted by atomic mass is 10.2. The lowest BCUT2D eigenvalue weighted by Gasteiger charge is -2.05. The maximum atomic E-state index is 11.9. The molecule has 0 radical (unpaired) electrons. The standard InChI is InChI=1S/C14H14ClNO2/c1-9-7-11(10(2)18-9)8-16-14(17)12-5-3-4-6-13(12)15/h3-7H,8H2,1-2H3,(H,16,17). The second-order valence-electron chi connectivity index (χ2n) is 4.10. The van der Waals surface area contributed by atoms with Gasteiger partial charge in [0.1, 0.15) is 11.5 Å². The van der Waals surface area contributed by atoms with Gasteiger partial charge in [-0.2, -0.15) is 0 Å². The van der Waals surface area contributed by atoms with Crippen molar-refractivity contribution in [2.24, 2.45) is 0 Å². The lowest BCUT2D eigenvalue weighted by Crippen LogP contribution is -2.23. The Hall–Kier alpha value is -1.74. The summed E-state index contributed by atoms with van der Waals surface area (Å²) in [4.78, 5) is 11.9. The molecule has 18 heavy (non-hydrogen) atoms. The number of rotatable bonds is 3. The number of hydrogen-bond acceptors (Lipinski definition) is 2. The van der Waals surface area contributed by atoms with Crippen molar-refractivity contribution in [3.63, 3.8) is 0 Å². The summed E-state index contributed by atoms with van der Waals surface area (Å²) < 4.78 is 5.40. The highest BCUT2D eigenvalue weighted by Gasteiger charge is 2.10. The van der Waals surface area contributed by atoms with Gasteiger partial charge in [0.2, 0.25) is 0 Å². The molecule has 1 N–H and O–H groups in total. The monoisotopic (exact) mass is 263 g/mol. The van der Waals surface area contributed by atoms with Crippen LogP contribution >= 0.6 is 11.6 Å². The predicted molar refractivity (Wildman–Crippen MR) is 70.8 cm³/mol. The van der Waals surface area contributed by atoms with Crippen molar-refractivity contribution in [1.82, 2.24) is 5.32 Å². The normalized spacial score (nSPS) is 10.4. The van der Waals surface area contributed by atoms with Crippen molar-refractivity contribution in [2.75, 3.05) is 0 Å². The van der Waals surface area contributed by atoms with E-state index in [0.29, 0.717) is 17.1 Å². The number of nitrogens with one attached hydrogen (secondary N) is 1. The second kappa shape index (κ2) is 5.27. The Morgan fingerprint density at radius 2 is 2.06 bits per heavy atom. The van der Waals surface area contributed by atoms with E-state index >= 15 is 0 Å². The molecule has 0 spiro atoms. The van der Waals surface area contributed by atoms with E-state index < -0.39 is 0 Å². The van der Waals surface area contributed by atoms with Gasteiger partial charge >= 0.3 is 0 Å². The smallest absolute Gasteiger partial charge is 0.253 e. The molecule has 4 heteroatoms. The van der Waals surface area contributed by atoms with E-state index in [0.717, 1.165) is 17.1 Å². The molecule has 1 heterocycles. The minimum atomic E-state index is -0.182. The zero-order valence-corrected chi connectivity index (χ0v) is 11.0. The van der Waals surface area contributed by atoms with Crippen LogP contribution in [0.25, 0.3) is 0 Å². The molecule has 0 atom stereocenters. The predicted octanol–water partition coefficient (Wildman–Crippen LogP) is 3.48. The Balaban J connectivity index is 2.05. The highest BCUT2D eigenvalue weighted by Crippen LogP contribution is 2.16. The van der Waals surface area contributed by atoms with E-state index in [4.69, 9.17) is 16.0 Å². The van der Waals surface area contributed by atoms with E-state index in [1.807, 2.05) is 19.9 Å². The largest absolute Gasteiger partial charge is 0.466 e. The molecular weight excluding hydrogens is 250 g/mol. The molecule has 0 aliphatic carbocycles. The zero-order valence-electron chi connectivity index (χ0n) is 10.3. The molecule has 0 saturated heterocycles. The minimum Gasteiger partial charge on any atom is -0.466 e. The molecule has 3 nitrogen and oxygen atoms in total. The van der Waals surface area contributed by atoms with Crippen molar-refractivity contribution < 1.29 is 9.21 Å². The Morgan fingerprint density at radius 3 is 2.67 bits per heavy atom. The van der Waals surface area contributed by atoms with Gasteiger partial charge in [-0.1, -0.05) is 23.7 Å². The van der Waals surface area contributed by atoms with Gasteiger partial charge in [0.05, 0.1) is 10.6 Å². The highest BCUT2D eigenvalue weighted by molar-refractivity contribution is 6.33. The van der Waals surface area contributed by atoms with Gasteiger partial charge in [-0.3, -0.25) is 4.79 Å². The van der Waals surface area contributed by atoms with Crippen molar-refractivity contribution in [3.05, 3.63) is 58.0 Å². The van der Waals surface area contributed by atoms with Gasteiger partial charge in [-0.15, -0.1) is 0 Å². The summed E-state index contributed by atoms with van der Waals surface area (Å²) in [5.74, 6) is 1.49. The molecule has 0 unspecified atom stereocenters. The third-order valence-corrected chi connectivity index (χ3v) is 3.03. The van der Waals surface area contributed by atoms with E-state index in [2.05, 4.69) is 5.32 Å². The Morgan fingerprint density at radius 1 is 1.33 bits per heavy atom.